The Bertz CT molecular complexity index is 250. The summed E-state index contributed by atoms with van der Waals surface area (Å²) in [7, 11) is 0. The van der Waals surface area contributed by atoms with Gasteiger partial charge in [0, 0.05) is 13.2 Å². The van der Waals surface area contributed by atoms with Crippen LogP contribution in [0.1, 0.15) is 19.8 Å². The first kappa shape index (κ1) is 12.9. The Kier molecular flexibility index (Phi) is 5.21. The summed E-state index contributed by atoms with van der Waals surface area (Å²) in [4.78, 5) is 21.6. The zero-order valence-electron chi connectivity index (χ0n) is 9.27. The Balaban J connectivity index is 2.08. The molecule has 1 fully saturated rings. The smallest absolute Gasteiger partial charge is 0.332 e. The zero-order valence-corrected chi connectivity index (χ0v) is 9.27. The van der Waals surface area contributed by atoms with Gasteiger partial charge in [0.25, 0.3) is 0 Å². The van der Waals surface area contributed by atoms with Crippen molar-refractivity contribution in [3.05, 3.63) is 0 Å². The molecule has 0 aromatic heterocycles. The van der Waals surface area contributed by atoms with Crippen molar-refractivity contribution < 1.29 is 24.2 Å². The third-order valence-electron chi connectivity index (χ3n) is 2.36. The van der Waals surface area contributed by atoms with Crippen LogP contribution < -0.4 is 5.32 Å². The van der Waals surface area contributed by atoms with Gasteiger partial charge in [-0.2, -0.15) is 0 Å². The molecule has 0 aromatic rings. The molecule has 1 unspecified atom stereocenters. The molecule has 16 heavy (non-hydrogen) atoms. The summed E-state index contributed by atoms with van der Waals surface area (Å²) < 4.78 is 10.1. The zero-order chi connectivity index (χ0) is 12.0. The molecule has 1 amide bonds. The predicted octanol–water partition coefficient (Wildman–Crippen LogP) is -0.229. The van der Waals surface area contributed by atoms with E-state index < -0.39 is 12.1 Å². The summed E-state index contributed by atoms with van der Waals surface area (Å²) in [5, 5.41) is 11.2. The molecule has 6 nitrogen and oxygen atoms in total. The fourth-order valence-corrected chi connectivity index (χ4v) is 1.36. The topological polar surface area (TPSA) is 84.9 Å². The summed E-state index contributed by atoms with van der Waals surface area (Å²) in [6, 6.07) is 0. The van der Waals surface area contributed by atoms with Gasteiger partial charge < -0.3 is 19.9 Å². The Morgan fingerprint density at radius 3 is 2.94 bits per heavy atom. The van der Waals surface area contributed by atoms with Gasteiger partial charge in [-0.3, -0.25) is 4.79 Å². The lowest BCUT2D eigenvalue weighted by Gasteiger charge is -2.12. The van der Waals surface area contributed by atoms with Crippen LogP contribution in [0.15, 0.2) is 0 Å². The van der Waals surface area contributed by atoms with E-state index in [0.717, 1.165) is 19.4 Å². The van der Waals surface area contributed by atoms with Crippen LogP contribution in [0.4, 0.5) is 0 Å². The minimum atomic E-state index is -1.08. The molecule has 92 valence electrons. The molecule has 0 saturated carbocycles. The lowest BCUT2D eigenvalue weighted by molar-refractivity contribution is -0.150. The number of carbonyl (C=O) groups is 2. The molecule has 6 heteroatoms. The van der Waals surface area contributed by atoms with Crippen molar-refractivity contribution in [2.24, 2.45) is 0 Å². The van der Waals surface area contributed by atoms with Crippen LogP contribution in [0.25, 0.3) is 0 Å². The summed E-state index contributed by atoms with van der Waals surface area (Å²) in [6.07, 6.45) is 1.09. The first-order valence-corrected chi connectivity index (χ1v) is 5.32. The lowest BCUT2D eigenvalue weighted by atomic mass is 10.2. The highest BCUT2D eigenvalue weighted by Crippen LogP contribution is 2.10. The van der Waals surface area contributed by atoms with Gasteiger partial charge in [-0.1, -0.05) is 0 Å². The average molecular weight is 231 g/mol. The van der Waals surface area contributed by atoms with Crippen molar-refractivity contribution in [1.82, 2.24) is 5.32 Å². The maximum Gasteiger partial charge on any atom is 0.332 e. The highest BCUT2D eigenvalue weighted by atomic mass is 16.5. The number of nitrogens with one attached hydrogen (secondary N) is 1. The maximum absolute atomic E-state index is 11.2. The number of hydrogen-bond acceptors (Lipinski definition) is 4. The normalized spacial score (nSPS) is 21.7. The van der Waals surface area contributed by atoms with Gasteiger partial charge in [0.15, 0.2) is 6.10 Å². The Hall–Kier alpha value is -1.14. The largest absolute Gasteiger partial charge is 0.479 e. The second-order valence-corrected chi connectivity index (χ2v) is 3.73. The second-order valence-electron chi connectivity index (χ2n) is 3.73. The molecule has 1 heterocycles. The summed E-state index contributed by atoms with van der Waals surface area (Å²) in [5.74, 6) is -1.39. The van der Waals surface area contributed by atoms with Crippen molar-refractivity contribution in [3.8, 4) is 0 Å². The van der Waals surface area contributed by atoms with Gasteiger partial charge >= 0.3 is 5.97 Å². The van der Waals surface area contributed by atoms with Gasteiger partial charge in [0.05, 0.1) is 6.10 Å². The van der Waals surface area contributed by atoms with Crippen molar-refractivity contribution in [2.75, 3.05) is 19.8 Å². The number of aliphatic carboxylic acids is 1. The molecule has 1 aliphatic rings. The molecule has 1 saturated heterocycles. The fraction of sp³-hybridized carbons (Fsp3) is 0.800. The molecule has 0 bridgehead atoms. The van der Waals surface area contributed by atoms with E-state index in [0.29, 0.717) is 6.54 Å². The lowest BCUT2D eigenvalue weighted by Crippen LogP contribution is -2.36. The molecule has 2 atom stereocenters. The van der Waals surface area contributed by atoms with Gasteiger partial charge in [-0.05, 0) is 19.8 Å². The van der Waals surface area contributed by atoms with Crippen LogP contribution in [0.5, 0.6) is 0 Å². The van der Waals surface area contributed by atoms with Gasteiger partial charge in [-0.15, -0.1) is 0 Å². The summed E-state index contributed by atoms with van der Waals surface area (Å²) >= 11 is 0. The fourth-order valence-electron chi connectivity index (χ4n) is 1.36. The van der Waals surface area contributed by atoms with Crippen molar-refractivity contribution in [1.29, 1.82) is 0 Å². The number of carboxylic acids is 1. The SMILES string of the molecule is C[C@@H](OCC(=O)NCC1CCCO1)C(=O)O. The van der Waals surface area contributed by atoms with E-state index in [1.807, 2.05) is 0 Å². The van der Waals surface area contributed by atoms with E-state index in [2.05, 4.69) is 5.32 Å². The molecular weight excluding hydrogens is 214 g/mol. The van der Waals surface area contributed by atoms with Crippen molar-refractivity contribution in [3.63, 3.8) is 0 Å². The molecule has 1 aliphatic heterocycles. The van der Waals surface area contributed by atoms with Gasteiger partial charge in [0.1, 0.15) is 6.61 Å². The number of carboxylic acid groups (broad SMARTS) is 1. The second kappa shape index (κ2) is 6.44. The van der Waals surface area contributed by atoms with Crippen LogP contribution in [-0.4, -0.2) is 48.9 Å². The number of rotatable bonds is 6. The average Bonchev–Trinajstić information content (AvgIpc) is 2.75. The first-order chi connectivity index (χ1) is 7.59. The third-order valence-corrected chi connectivity index (χ3v) is 2.36. The number of hydrogen-bond donors (Lipinski definition) is 2. The number of ether oxygens (including phenoxy) is 2. The van der Waals surface area contributed by atoms with E-state index in [1.54, 1.807) is 0 Å². The first-order valence-electron chi connectivity index (χ1n) is 5.32. The molecule has 0 radical (unpaired) electrons. The standard InChI is InChI=1S/C10H17NO5/c1-7(10(13)14)16-6-9(12)11-5-8-3-2-4-15-8/h7-8H,2-6H2,1H3,(H,11,12)(H,13,14)/t7-,8?/m1/s1. The van der Waals surface area contributed by atoms with Crippen LogP contribution in [0.3, 0.4) is 0 Å². The Morgan fingerprint density at radius 2 is 2.38 bits per heavy atom. The number of carbonyl (C=O) groups excluding carboxylic acids is 1. The molecule has 1 rings (SSSR count). The van der Waals surface area contributed by atoms with Crippen LogP contribution in [0.2, 0.25) is 0 Å². The Morgan fingerprint density at radius 1 is 1.62 bits per heavy atom. The molecule has 0 spiro atoms. The highest BCUT2D eigenvalue weighted by molar-refractivity contribution is 5.78. The van der Waals surface area contributed by atoms with Crippen LogP contribution in [-0.2, 0) is 19.1 Å². The van der Waals surface area contributed by atoms with E-state index in [4.69, 9.17) is 14.6 Å². The highest BCUT2D eigenvalue weighted by Gasteiger charge is 2.17. The van der Waals surface area contributed by atoms with Gasteiger partial charge in [-0.25, -0.2) is 4.79 Å². The van der Waals surface area contributed by atoms with E-state index >= 15 is 0 Å². The van der Waals surface area contributed by atoms with Crippen LogP contribution >= 0.6 is 0 Å². The predicted molar refractivity (Wildman–Crippen MR) is 55.0 cm³/mol. The monoisotopic (exact) mass is 231 g/mol. The summed E-state index contributed by atoms with van der Waals surface area (Å²) in [6.45, 7) is 2.35. The molecule has 0 aromatic carbocycles. The number of amides is 1. The van der Waals surface area contributed by atoms with Gasteiger partial charge in [0.2, 0.25) is 5.91 Å². The minimum absolute atomic E-state index is 0.0841. The van der Waals surface area contributed by atoms with Crippen LogP contribution in [0, 0.1) is 0 Å². The molecule has 0 aliphatic carbocycles. The minimum Gasteiger partial charge on any atom is -0.479 e. The summed E-state index contributed by atoms with van der Waals surface area (Å²) in [5.41, 5.74) is 0. The molecule has 2 N–H and O–H groups in total. The Labute approximate surface area is 93.9 Å². The van der Waals surface area contributed by atoms with Crippen molar-refractivity contribution >= 4 is 11.9 Å². The van der Waals surface area contributed by atoms with E-state index in [-0.39, 0.29) is 18.6 Å². The van der Waals surface area contributed by atoms with E-state index in [9.17, 15) is 9.59 Å². The third kappa shape index (κ3) is 4.59. The quantitative estimate of drug-likeness (QED) is 0.659. The maximum atomic E-state index is 11.2. The van der Waals surface area contributed by atoms with Crippen molar-refractivity contribution in [2.45, 2.75) is 32.0 Å². The van der Waals surface area contributed by atoms with E-state index in [1.165, 1.54) is 6.92 Å². The molecular formula is C10H17NO5.